The quantitative estimate of drug-likeness (QED) is 0.167. The fraction of sp³-hybridized carbons (Fsp3) is 0.512. The highest BCUT2D eigenvalue weighted by atomic mass is 32.2. The molecular weight excluding hydrogens is 655 g/mol. The van der Waals surface area contributed by atoms with Crippen molar-refractivity contribution in [1.82, 2.24) is 24.5 Å². The third kappa shape index (κ3) is 6.96. The van der Waals surface area contributed by atoms with Crippen molar-refractivity contribution in [2.75, 3.05) is 29.9 Å². The van der Waals surface area contributed by atoms with Crippen molar-refractivity contribution >= 4 is 29.5 Å². The molecule has 4 aliphatic rings. The first-order valence-corrected chi connectivity index (χ1v) is 19.8. The summed E-state index contributed by atoms with van der Waals surface area (Å²) in [4.78, 5) is 26.1. The molecule has 4 aromatic rings. The van der Waals surface area contributed by atoms with Gasteiger partial charge in [0.05, 0.1) is 12.2 Å². The summed E-state index contributed by atoms with van der Waals surface area (Å²) in [5, 5.41) is 9.03. The standard InChI is InChI=1S/C41H51N7O2S/c1-4-47-37-31(15-16-34(44-37)48-27-19-35(45-48)50-28-20-32-40(22-23-40)41(32)24-25-41)38(49)46-51-36-12-8-11-33(43-36)42-26-18-30(17-21-39(47,2)3)14-13-29-9-6-5-7-10-29/h5-12,15-16,19,27,30,32H,4,13-14,17-18,20-26,28H2,1-3H3,(H,42,43)(H,46,49). The van der Waals surface area contributed by atoms with Gasteiger partial charge in [0.2, 0.25) is 5.88 Å². The first-order chi connectivity index (χ1) is 24.8. The van der Waals surface area contributed by atoms with E-state index in [-0.39, 0.29) is 11.4 Å². The van der Waals surface area contributed by atoms with Crippen LogP contribution in [0.4, 0.5) is 11.6 Å². The van der Waals surface area contributed by atoms with Gasteiger partial charge in [-0.25, -0.2) is 14.6 Å². The topological polar surface area (TPSA) is 97.2 Å². The number of carbonyl (C=O) groups is 1. The number of amides is 1. The number of anilines is 2. The van der Waals surface area contributed by atoms with Gasteiger partial charge in [0, 0.05) is 42.8 Å². The minimum absolute atomic E-state index is 0.206. The molecule has 2 bridgehead atoms. The normalized spacial score (nSPS) is 21.8. The average Bonchev–Trinajstić information content (AvgIpc) is 4.10. The summed E-state index contributed by atoms with van der Waals surface area (Å²) in [6.45, 7) is 8.96. The maximum absolute atomic E-state index is 13.9. The summed E-state index contributed by atoms with van der Waals surface area (Å²) >= 11 is 1.23. The molecule has 1 aromatic carbocycles. The molecule has 268 valence electrons. The number of pyridine rings is 2. The number of hydrogen-bond acceptors (Lipinski definition) is 8. The first-order valence-electron chi connectivity index (χ1n) is 19.0. The molecule has 1 unspecified atom stereocenters. The predicted molar refractivity (Wildman–Crippen MR) is 204 cm³/mol. The van der Waals surface area contributed by atoms with Crippen LogP contribution in [0.3, 0.4) is 0 Å². The number of ether oxygens (including phenoxy) is 1. The average molecular weight is 706 g/mol. The second-order valence-corrected chi connectivity index (χ2v) is 16.6. The summed E-state index contributed by atoms with van der Waals surface area (Å²) in [6.07, 6.45) is 14.0. The van der Waals surface area contributed by atoms with Crippen LogP contribution in [-0.4, -0.2) is 50.9 Å². The Morgan fingerprint density at radius 1 is 0.902 bits per heavy atom. The zero-order chi connectivity index (χ0) is 35.1. The van der Waals surface area contributed by atoms with Crippen LogP contribution in [0, 0.1) is 22.7 Å². The van der Waals surface area contributed by atoms with Crippen LogP contribution in [0.1, 0.15) is 94.5 Å². The maximum atomic E-state index is 13.9. The number of fused-ring (bicyclic) bond motifs is 4. The van der Waals surface area contributed by atoms with Crippen molar-refractivity contribution in [1.29, 1.82) is 0 Å². The number of nitrogens with one attached hydrogen (secondary N) is 2. The molecule has 8 rings (SSSR count). The van der Waals surface area contributed by atoms with E-state index in [0.717, 1.165) is 61.8 Å². The number of rotatable bonds is 9. The Morgan fingerprint density at radius 3 is 2.47 bits per heavy atom. The Hall–Kier alpha value is -4.05. The molecule has 10 heteroatoms. The van der Waals surface area contributed by atoms with Crippen LogP contribution < -0.4 is 19.7 Å². The van der Waals surface area contributed by atoms with E-state index in [4.69, 9.17) is 19.8 Å². The smallest absolute Gasteiger partial charge is 0.265 e. The zero-order valence-electron chi connectivity index (χ0n) is 30.2. The van der Waals surface area contributed by atoms with Gasteiger partial charge >= 0.3 is 0 Å². The van der Waals surface area contributed by atoms with Gasteiger partial charge in [0.15, 0.2) is 5.82 Å². The molecule has 2 N–H and O–H groups in total. The molecule has 4 heterocycles. The molecule has 3 fully saturated rings. The third-order valence-corrected chi connectivity index (χ3v) is 13.1. The Morgan fingerprint density at radius 2 is 1.71 bits per heavy atom. The Balaban J connectivity index is 1.03. The minimum atomic E-state index is -0.261. The summed E-state index contributed by atoms with van der Waals surface area (Å²) in [5.41, 5.74) is 3.03. The van der Waals surface area contributed by atoms with Gasteiger partial charge in [0.25, 0.3) is 5.91 Å². The lowest BCUT2D eigenvalue weighted by molar-refractivity contribution is 0.0984. The number of carbonyl (C=O) groups excluding carboxylic acids is 1. The van der Waals surface area contributed by atoms with Crippen LogP contribution >= 0.6 is 11.9 Å². The number of nitrogens with zero attached hydrogens (tertiary/aromatic N) is 5. The second-order valence-electron chi connectivity index (χ2n) is 15.7. The van der Waals surface area contributed by atoms with E-state index in [9.17, 15) is 4.79 Å². The summed E-state index contributed by atoms with van der Waals surface area (Å²) < 4.78 is 11.0. The lowest BCUT2D eigenvalue weighted by Gasteiger charge is -2.41. The third-order valence-electron chi connectivity index (χ3n) is 12.4. The molecule has 51 heavy (non-hydrogen) atoms. The van der Waals surface area contributed by atoms with Crippen LogP contribution in [0.2, 0.25) is 0 Å². The van der Waals surface area contributed by atoms with Crippen molar-refractivity contribution in [3.63, 3.8) is 0 Å². The van der Waals surface area contributed by atoms with Gasteiger partial charge in [-0.1, -0.05) is 36.4 Å². The summed E-state index contributed by atoms with van der Waals surface area (Å²) in [6, 6.07) is 22.3. The van der Waals surface area contributed by atoms with Crippen molar-refractivity contribution in [2.24, 2.45) is 22.7 Å². The highest BCUT2D eigenvalue weighted by molar-refractivity contribution is 7.97. The molecule has 3 aliphatic carbocycles. The van der Waals surface area contributed by atoms with Gasteiger partial charge in [-0.05, 0) is 137 Å². The van der Waals surface area contributed by atoms with Crippen LogP contribution in [0.25, 0.3) is 5.82 Å². The molecule has 1 atom stereocenters. The molecule has 2 spiro atoms. The van der Waals surface area contributed by atoms with E-state index < -0.39 is 0 Å². The van der Waals surface area contributed by atoms with E-state index in [1.165, 1.54) is 43.2 Å². The molecule has 0 radical (unpaired) electrons. The van der Waals surface area contributed by atoms with Crippen molar-refractivity contribution in [2.45, 2.75) is 95.5 Å². The largest absolute Gasteiger partial charge is 0.477 e. The molecule has 0 saturated heterocycles. The van der Waals surface area contributed by atoms with Crippen LogP contribution in [0.15, 0.2) is 78.0 Å². The van der Waals surface area contributed by atoms with Crippen LogP contribution in [0.5, 0.6) is 5.88 Å². The SMILES string of the molecule is CCN1c2nc(-n3ccc(OCCC4C5(CC5)C45CC5)n3)ccc2C(=O)NSc2cccc(n2)NCCC(CCc2ccccc2)CCC1(C)C. The maximum Gasteiger partial charge on any atom is 0.265 e. The van der Waals surface area contributed by atoms with E-state index in [0.29, 0.717) is 53.0 Å². The van der Waals surface area contributed by atoms with Crippen molar-refractivity contribution in [3.8, 4) is 11.7 Å². The molecule has 1 amide bonds. The lowest BCUT2D eigenvalue weighted by atomic mass is 9.86. The fourth-order valence-corrected chi connectivity index (χ4v) is 9.83. The Kier molecular flexibility index (Phi) is 9.23. The van der Waals surface area contributed by atoms with E-state index >= 15 is 0 Å². The van der Waals surface area contributed by atoms with E-state index in [1.807, 2.05) is 42.6 Å². The zero-order valence-corrected chi connectivity index (χ0v) is 31.1. The molecule has 9 nitrogen and oxygen atoms in total. The molecule has 3 saturated carbocycles. The molecule has 1 aliphatic heterocycles. The summed E-state index contributed by atoms with van der Waals surface area (Å²) in [5.74, 6) is 3.93. The predicted octanol–water partition coefficient (Wildman–Crippen LogP) is 8.51. The van der Waals surface area contributed by atoms with Crippen LogP contribution in [-0.2, 0) is 6.42 Å². The van der Waals surface area contributed by atoms with Gasteiger partial charge in [-0.3, -0.25) is 9.52 Å². The molecule has 3 aromatic heterocycles. The Bertz CT molecular complexity index is 1830. The number of benzene rings is 1. The van der Waals surface area contributed by atoms with E-state index in [1.54, 1.807) is 4.68 Å². The minimum Gasteiger partial charge on any atom is -0.477 e. The van der Waals surface area contributed by atoms with Gasteiger partial charge in [-0.2, -0.15) is 0 Å². The number of aryl methyl sites for hydroxylation is 1. The first kappa shape index (κ1) is 34.1. The van der Waals surface area contributed by atoms with Crippen molar-refractivity contribution in [3.05, 3.63) is 84.1 Å². The van der Waals surface area contributed by atoms with Gasteiger partial charge in [-0.15, -0.1) is 5.10 Å². The molecular formula is C41H51N7O2S. The number of hydrogen-bond donors (Lipinski definition) is 2. The Labute approximate surface area is 306 Å². The highest BCUT2D eigenvalue weighted by Crippen LogP contribution is 2.93. The monoisotopic (exact) mass is 705 g/mol. The summed E-state index contributed by atoms with van der Waals surface area (Å²) in [7, 11) is 0. The van der Waals surface area contributed by atoms with Crippen molar-refractivity contribution < 1.29 is 9.53 Å². The second kappa shape index (κ2) is 13.8. The lowest BCUT2D eigenvalue weighted by Crippen LogP contribution is -2.46. The number of aromatic nitrogens is 4. The fourth-order valence-electron chi connectivity index (χ4n) is 9.23. The van der Waals surface area contributed by atoms with E-state index in [2.05, 4.69) is 66.0 Å². The highest BCUT2D eigenvalue weighted by Gasteiger charge is 2.85. The van der Waals surface area contributed by atoms with Gasteiger partial charge < -0.3 is 15.0 Å². The van der Waals surface area contributed by atoms with Gasteiger partial charge in [0.1, 0.15) is 16.7 Å².